The number of rotatable bonds is 8. The first-order valence-corrected chi connectivity index (χ1v) is 11.3. The highest BCUT2D eigenvalue weighted by Gasteiger charge is 2.48. The van der Waals surface area contributed by atoms with Crippen molar-refractivity contribution in [2.75, 3.05) is 31.5 Å². The molecule has 0 spiro atoms. The maximum atomic E-state index is 12.2. The third-order valence-corrected chi connectivity index (χ3v) is 6.88. The minimum atomic E-state index is -0.0919. The van der Waals surface area contributed by atoms with E-state index in [-0.39, 0.29) is 6.03 Å². The van der Waals surface area contributed by atoms with Crippen molar-refractivity contribution in [1.82, 2.24) is 15.1 Å². The summed E-state index contributed by atoms with van der Waals surface area (Å²) in [5, 5.41) is 9.59. The fourth-order valence-corrected chi connectivity index (χ4v) is 5.24. The molecule has 0 saturated carbocycles. The van der Waals surface area contributed by atoms with Crippen LogP contribution in [0.4, 0.5) is 16.2 Å². The van der Waals surface area contributed by atoms with Crippen molar-refractivity contribution in [3.63, 3.8) is 0 Å². The van der Waals surface area contributed by atoms with Gasteiger partial charge in [0, 0.05) is 56.7 Å². The number of nitrogens with zero attached hydrogens (tertiary/aromatic N) is 1. The Kier molecular flexibility index (Phi) is 7.36. The van der Waals surface area contributed by atoms with E-state index in [4.69, 9.17) is 0 Å². The van der Waals surface area contributed by atoms with Crippen molar-refractivity contribution in [3.05, 3.63) is 23.8 Å². The van der Waals surface area contributed by atoms with E-state index in [0.29, 0.717) is 12.1 Å². The minimum Gasteiger partial charge on any atom is -0.338 e. The predicted octanol–water partition coefficient (Wildman–Crippen LogP) is 4.55. The van der Waals surface area contributed by atoms with Gasteiger partial charge >= 0.3 is 6.03 Å². The Morgan fingerprint density at radius 2 is 2.11 bits per heavy atom. The molecule has 1 unspecified atom stereocenters. The van der Waals surface area contributed by atoms with Gasteiger partial charge in [0.25, 0.3) is 0 Å². The van der Waals surface area contributed by atoms with Gasteiger partial charge in [0.2, 0.25) is 0 Å². The minimum absolute atomic E-state index is 0.0919. The number of benzene rings is 1. The molecule has 1 aromatic carbocycles. The average Bonchev–Trinajstić information content (AvgIpc) is 3.33. The molecule has 0 aliphatic carbocycles. The number of urea groups is 1. The number of hydrogen-bond acceptors (Lipinski definition) is 2. The van der Waals surface area contributed by atoms with Crippen LogP contribution in [0.25, 0.3) is 0 Å². The van der Waals surface area contributed by atoms with E-state index in [0.717, 1.165) is 41.8 Å². The van der Waals surface area contributed by atoms with Gasteiger partial charge in [-0.1, -0.05) is 26.2 Å². The number of hydrogen-bond donors (Lipinski definition) is 3. The van der Waals surface area contributed by atoms with Crippen LogP contribution in [-0.4, -0.2) is 44.3 Å². The van der Waals surface area contributed by atoms with Crippen molar-refractivity contribution in [2.45, 2.75) is 77.8 Å². The molecule has 1 aromatic rings. The lowest BCUT2D eigenvalue weighted by atomic mass is 10.0. The molecule has 2 amide bonds. The number of aryl methyl sites for hydroxylation is 1. The van der Waals surface area contributed by atoms with Crippen LogP contribution in [0, 0.1) is 6.92 Å². The van der Waals surface area contributed by atoms with Crippen molar-refractivity contribution in [1.29, 1.82) is 0 Å². The summed E-state index contributed by atoms with van der Waals surface area (Å²) in [5.41, 5.74) is 3.49. The van der Waals surface area contributed by atoms with E-state index >= 15 is 0 Å². The highest BCUT2D eigenvalue weighted by Crippen LogP contribution is 2.40. The summed E-state index contributed by atoms with van der Waals surface area (Å²) in [4.78, 5) is 12.2. The second-order valence-electron chi connectivity index (χ2n) is 8.73. The fourth-order valence-electron chi connectivity index (χ4n) is 5.24. The Balaban J connectivity index is 1.67. The smallest absolute Gasteiger partial charge is 0.319 e. The second kappa shape index (κ2) is 9.75. The molecule has 28 heavy (non-hydrogen) atoms. The van der Waals surface area contributed by atoms with Crippen LogP contribution in [0.2, 0.25) is 0 Å². The standard InChI is InChI=1S/C23H38N4O/c1-4-5-6-7-13-25-23(28)26-22-11-10-20(16-18(22)2)27(15-8-9-19(27)3)21-12-14-24-17-21/h10-11,16,19,21,24H,4-9,12-15,17H2,1-3H3,(H-,25,26,28)/p+1/t19-,21+,27?/m0/s1. The molecule has 156 valence electrons. The molecule has 2 aliphatic rings. The first kappa shape index (κ1) is 21.1. The van der Waals surface area contributed by atoms with Gasteiger partial charge in [0.15, 0.2) is 0 Å². The highest BCUT2D eigenvalue weighted by atomic mass is 16.2. The van der Waals surface area contributed by atoms with Gasteiger partial charge in [0.05, 0.1) is 12.6 Å². The summed E-state index contributed by atoms with van der Waals surface area (Å²) in [7, 11) is 0. The third kappa shape index (κ3) is 4.52. The molecule has 3 atom stereocenters. The summed E-state index contributed by atoms with van der Waals surface area (Å²) >= 11 is 0. The summed E-state index contributed by atoms with van der Waals surface area (Å²) in [6.45, 7) is 11.0. The molecule has 3 rings (SSSR count). The molecule has 0 bridgehead atoms. The van der Waals surface area contributed by atoms with Crippen LogP contribution in [0.5, 0.6) is 0 Å². The van der Waals surface area contributed by atoms with E-state index < -0.39 is 0 Å². The van der Waals surface area contributed by atoms with Gasteiger partial charge in [-0.25, -0.2) is 4.79 Å². The van der Waals surface area contributed by atoms with Gasteiger partial charge in [-0.15, -0.1) is 0 Å². The average molecular weight is 388 g/mol. The van der Waals surface area contributed by atoms with Crippen molar-refractivity contribution in [2.24, 2.45) is 0 Å². The van der Waals surface area contributed by atoms with Gasteiger partial charge in [0.1, 0.15) is 11.7 Å². The zero-order chi connectivity index (χ0) is 20.0. The molecular weight excluding hydrogens is 348 g/mol. The predicted molar refractivity (Wildman–Crippen MR) is 119 cm³/mol. The summed E-state index contributed by atoms with van der Waals surface area (Å²) in [5.74, 6) is 0. The Morgan fingerprint density at radius 1 is 1.25 bits per heavy atom. The van der Waals surface area contributed by atoms with E-state index in [9.17, 15) is 4.79 Å². The number of amides is 2. The van der Waals surface area contributed by atoms with E-state index in [1.54, 1.807) is 0 Å². The summed E-state index contributed by atoms with van der Waals surface area (Å²) in [6, 6.07) is 7.91. The SMILES string of the molecule is CCCCCCNC(=O)Nc1ccc([N+]2([C@@H]3CCNC3)CCC[C@@H]2C)cc1C. The molecule has 3 N–H and O–H groups in total. The molecule has 2 saturated heterocycles. The molecule has 0 radical (unpaired) electrons. The van der Waals surface area contributed by atoms with Gasteiger partial charge in [-0.3, -0.25) is 4.48 Å². The molecule has 2 heterocycles. The molecule has 5 nitrogen and oxygen atoms in total. The number of nitrogens with one attached hydrogen (secondary N) is 3. The number of likely N-dealkylation sites (tertiary alicyclic amines) is 1. The maximum Gasteiger partial charge on any atom is 0.319 e. The van der Waals surface area contributed by atoms with Crippen LogP contribution in [-0.2, 0) is 0 Å². The van der Waals surface area contributed by atoms with Crippen LogP contribution < -0.4 is 20.4 Å². The number of carbonyl (C=O) groups excluding carboxylic acids is 1. The quantitative estimate of drug-likeness (QED) is 0.453. The zero-order valence-electron chi connectivity index (χ0n) is 18.0. The largest absolute Gasteiger partial charge is 0.338 e. The Bertz CT molecular complexity index is 656. The van der Waals surface area contributed by atoms with Crippen LogP contribution in [0.3, 0.4) is 0 Å². The normalized spacial score (nSPS) is 27.1. The maximum absolute atomic E-state index is 12.2. The van der Waals surface area contributed by atoms with Crippen molar-refractivity contribution >= 4 is 17.4 Å². The first-order chi connectivity index (χ1) is 13.6. The highest BCUT2D eigenvalue weighted by molar-refractivity contribution is 5.90. The van der Waals surface area contributed by atoms with E-state index in [1.165, 1.54) is 50.8 Å². The summed E-state index contributed by atoms with van der Waals surface area (Å²) < 4.78 is 1.11. The van der Waals surface area contributed by atoms with Crippen LogP contribution in [0.15, 0.2) is 18.2 Å². The Labute approximate surface area is 170 Å². The molecule has 5 heteroatoms. The molecule has 2 aliphatic heterocycles. The first-order valence-electron chi connectivity index (χ1n) is 11.3. The van der Waals surface area contributed by atoms with Crippen LogP contribution >= 0.6 is 0 Å². The van der Waals surface area contributed by atoms with Gasteiger partial charge in [-0.2, -0.15) is 0 Å². The fraction of sp³-hybridized carbons (Fsp3) is 0.696. The molecule has 2 fully saturated rings. The lowest BCUT2D eigenvalue weighted by Crippen LogP contribution is -2.59. The topological polar surface area (TPSA) is 53.2 Å². The third-order valence-electron chi connectivity index (χ3n) is 6.88. The second-order valence-corrected chi connectivity index (χ2v) is 8.73. The lowest BCUT2D eigenvalue weighted by molar-refractivity contribution is 0.203. The summed E-state index contributed by atoms with van der Waals surface area (Å²) in [6.07, 6.45) is 8.54. The van der Waals surface area contributed by atoms with E-state index in [2.05, 4.69) is 54.9 Å². The lowest BCUT2D eigenvalue weighted by Gasteiger charge is -2.43. The monoisotopic (exact) mass is 387 g/mol. The van der Waals surface area contributed by atoms with Gasteiger partial charge < -0.3 is 16.0 Å². The van der Waals surface area contributed by atoms with Gasteiger partial charge in [-0.05, 0) is 31.9 Å². The Morgan fingerprint density at radius 3 is 2.75 bits per heavy atom. The number of anilines is 1. The molecule has 0 aromatic heterocycles. The van der Waals surface area contributed by atoms with Crippen LogP contribution in [0.1, 0.15) is 64.4 Å². The Hall–Kier alpha value is -1.59. The van der Waals surface area contributed by atoms with Crippen molar-refractivity contribution < 1.29 is 4.79 Å². The zero-order valence-corrected chi connectivity index (χ0v) is 18.0. The van der Waals surface area contributed by atoms with E-state index in [1.807, 2.05) is 0 Å². The number of unbranched alkanes of at least 4 members (excludes halogenated alkanes) is 3. The number of quaternary nitrogens is 1. The molecular formula is C23H39N4O+. The number of carbonyl (C=O) groups is 1. The van der Waals surface area contributed by atoms with Crippen molar-refractivity contribution in [3.8, 4) is 0 Å².